The van der Waals surface area contributed by atoms with E-state index >= 15 is 0 Å². The van der Waals surface area contributed by atoms with E-state index in [1.54, 1.807) is 0 Å². The third-order valence-corrected chi connectivity index (χ3v) is 6.44. The second-order valence-electron chi connectivity index (χ2n) is 7.81. The number of nitrogens with two attached hydrogens (primary N) is 1. The van der Waals surface area contributed by atoms with Crippen LogP contribution in [-0.4, -0.2) is 53.9 Å². The molecule has 0 aromatic heterocycles. The van der Waals surface area contributed by atoms with E-state index in [2.05, 4.69) is 65.0 Å². The van der Waals surface area contributed by atoms with E-state index in [9.17, 15) is 0 Å². The van der Waals surface area contributed by atoms with Gasteiger partial charge in [-0.1, -0.05) is 66.7 Å². The standard InChI is InChI=1S/C24H33N5S/c1-4-28-10-12-29(13-11-28)17-23-15-19(2)14-22(20(23)3)16-26-27-24(25)30-18-21-8-6-5-7-9-21/h5-9,14-16H,4,10-13,17-18H2,1-3H3,(H2,25,27). The summed E-state index contributed by atoms with van der Waals surface area (Å²) in [6.45, 7) is 13.3. The van der Waals surface area contributed by atoms with Crippen molar-refractivity contribution in [3.63, 3.8) is 0 Å². The van der Waals surface area contributed by atoms with Crippen molar-refractivity contribution >= 4 is 23.1 Å². The SMILES string of the molecule is CCN1CCN(Cc2cc(C)cc(C=NN=C(N)SCc3ccccc3)c2C)CC1. The fraction of sp³-hybridized carbons (Fsp3) is 0.417. The molecule has 2 aromatic carbocycles. The van der Waals surface area contributed by atoms with Gasteiger partial charge in [-0.3, -0.25) is 4.90 Å². The summed E-state index contributed by atoms with van der Waals surface area (Å²) in [6.07, 6.45) is 1.83. The molecule has 5 nitrogen and oxygen atoms in total. The van der Waals surface area contributed by atoms with Crippen molar-refractivity contribution in [1.29, 1.82) is 0 Å². The number of hydrogen-bond acceptors (Lipinski definition) is 5. The van der Waals surface area contributed by atoms with Crippen LogP contribution in [0.15, 0.2) is 52.7 Å². The van der Waals surface area contributed by atoms with E-state index in [4.69, 9.17) is 5.73 Å². The van der Waals surface area contributed by atoms with Crippen LogP contribution in [0.2, 0.25) is 0 Å². The number of nitrogens with zero attached hydrogens (tertiary/aromatic N) is 4. The minimum absolute atomic E-state index is 0.481. The fourth-order valence-corrected chi connectivity index (χ4v) is 4.29. The predicted molar refractivity (Wildman–Crippen MR) is 130 cm³/mol. The summed E-state index contributed by atoms with van der Waals surface area (Å²) in [5, 5.41) is 8.92. The number of hydrogen-bond donors (Lipinski definition) is 1. The third kappa shape index (κ3) is 6.69. The lowest BCUT2D eigenvalue weighted by molar-refractivity contribution is 0.132. The number of benzene rings is 2. The molecule has 1 aliphatic heterocycles. The first-order valence-electron chi connectivity index (χ1n) is 10.6. The number of likely N-dealkylation sites (N-methyl/N-ethyl adjacent to an activating group) is 1. The highest BCUT2D eigenvalue weighted by atomic mass is 32.2. The molecular formula is C24H33N5S. The van der Waals surface area contributed by atoms with E-state index in [0.717, 1.165) is 50.6 Å². The van der Waals surface area contributed by atoms with Gasteiger partial charge in [0.05, 0.1) is 6.21 Å². The molecule has 0 radical (unpaired) electrons. The minimum Gasteiger partial charge on any atom is -0.377 e. The van der Waals surface area contributed by atoms with Crippen molar-refractivity contribution in [3.05, 3.63) is 70.3 Å². The first kappa shape index (κ1) is 22.5. The Kier molecular flexibility index (Phi) is 8.49. The van der Waals surface area contributed by atoms with Crippen molar-refractivity contribution in [1.82, 2.24) is 9.80 Å². The Hall–Kier alpha value is -2.15. The smallest absolute Gasteiger partial charge is 0.180 e. The zero-order valence-corrected chi connectivity index (χ0v) is 19.2. The van der Waals surface area contributed by atoms with Crippen molar-refractivity contribution in [2.45, 2.75) is 33.1 Å². The van der Waals surface area contributed by atoms with E-state index in [-0.39, 0.29) is 0 Å². The number of thioether (sulfide) groups is 1. The summed E-state index contributed by atoms with van der Waals surface area (Å²) in [5.41, 5.74) is 12.2. The molecule has 0 amide bonds. The van der Waals surface area contributed by atoms with E-state index in [1.807, 2.05) is 24.4 Å². The average Bonchev–Trinajstić information content (AvgIpc) is 2.76. The lowest BCUT2D eigenvalue weighted by Gasteiger charge is -2.34. The summed E-state index contributed by atoms with van der Waals surface area (Å²) >= 11 is 1.50. The van der Waals surface area contributed by atoms with Gasteiger partial charge in [0.1, 0.15) is 0 Å². The lowest BCUT2D eigenvalue weighted by Crippen LogP contribution is -2.45. The molecule has 0 atom stereocenters. The number of rotatable bonds is 7. The van der Waals surface area contributed by atoms with E-state index in [1.165, 1.54) is 34.0 Å². The highest BCUT2D eigenvalue weighted by Crippen LogP contribution is 2.19. The lowest BCUT2D eigenvalue weighted by atomic mass is 9.99. The van der Waals surface area contributed by atoms with Crippen LogP contribution in [0.4, 0.5) is 0 Å². The molecule has 0 saturated carbocycles. The number of piperazine rings is 1. The molecule has 0 spiro atoms. The maximum absolute atomic E-state index is 6.02. The molecule has 0 unspecified atom stereocenters. The molecule has 1 heterocycles. The monoisotopic (exact) mass is 423 g/mol. The molecule has 0 bridgehead atoms. The zero-order chi connectivity index (χ0) is 21.3. The molecule has 1 saturated heterocycles. The molecule has 30 heavy (non-hydrogen) atoms. The Morgan fingerprint density at radius 1 is 1.07 bits per heavy atom. The summed E-state index contributed by atoms with van der Waals surface area (Å²) < 4.78 is 0. The second kappa shape index (κ2) is 11.3. The van der Waals surface area contributed by atoms with Gasteiger partial charge in [0, 0.05) is 38.5 Å². The Bertz CT molecular complexity index is 871. The Balaban J connectivity index is 1.61. The molecular weight excluding hydrogens is 390 g/mol. The molecule has 6 heteroatoms. The highest BCUT2D eigenvalue weighted by Gasteiger charge is 2.16. The zero-order valence-electron chi connectivity index (χ0n) is 18.3. The maximum Gasteiger partial charge on any atom is 0.180 e. The molecule has 2 aromatic rings. The van der Waals surface area contributed by atoms with Crippen molar-refractivity contribution in [3.8, 4) is 0 Å². The van der Waals surface area contributed by atoms with Gasteiger partial charge in [-0.25, -0.2) is 0 Å². The maximum atomic E-state index is 6.02. The minimum atomic E-state index is 0.481. The summed E-state index contributed by atoms with van der Waals surface area (Å²) in [4.78, 5) is 5.06. The van der Waals surface area contributed by atoms with E-state index in [0.29, 0.717) is 5.17 Å². The van der Waals surface area contributed by atoms with Crippen LogP contribution in [-0.2, 0) is 12.3 Å². The average molecular weight is 424 g/mol. The van der Waals surface area contributed by atoms with Gasteiger partial charge in [0.15, 0.2) is 5.17 Å². The van der Waals surface area contributed by atoms with Gasteiger partial charge >= 0.3 is 0 Å². The molecule has 1 fully saturated rings. The third-order valence-electron chi connectivity index (χ3n) is 5.59. The van der Waals surface area contributed by atoms with Gasteiger partial charge in [-0.15, -0.1) is 5.10 Å². The van der Waals surface area contributed by atoms with Crippen molar-refractivity contribution < 1.29 is 0 Å². The van der Waals surface area contributed by atoms with Crippen LogP contribution < -0.4 is 5.73 Å². The molecule has 0 aliphatic carbocycles. The molecule has 1 aliphatic rings. The normalized spacial score (nSPS) is 16.4. The topological polar surface area (TPSA) is 57.2 Å². The van der Waals surface area contributed by atoms with Crippen LogP contribution in [0, 0.1) is 13.8 Å². The predicted octanol–water partition coefficient (Wildman–Crippen LogP) is 4.02. The molecule has 2 N–H and O–H groups in total. The van der Waals surface area contributed by atoms with Crippen molar-refractivity contribution in [2.75, 3.05) is 32.7 Å². The number of amidine groups is 1. The van der Waals surface area contributed by atoms with Crippen LogP contribution in [0.5, 0.6) is 0 Å². The molecule has 160 valence electrons. The first-order valence-corrected chi connectivity index (χ1v) is 11.6. The van der Waals surface area contributed by atoms with Gasteiger partial charge in [0.25, 0.3) is 0 Å². The summed E-state index contributed by atoms with van der Waals surface area (Å²) in [7, 11) is 0. The summed E-state index contributed by atoms with van der Waals surface area (Å²) in [6, 6.07) is 14.7. The van der Waals surface area contributed by atoms with Crippen LogP contribution >= 0.6 is 11.8 Å². The van der Waals surface area contributed by atoms with Crippen molar-refractivity contribution in [2.24, 2.45) is 15.9 Å². The van der Waals surface area contributed by atoms with Crippen LogP contribution in [0.1, 0.15) is 34.7 Å². The largest absolute Gasteiger partial charge is 0.377 e. The van der Waals surface area contributed by atoms with Gasteiger partial charge in [-0.05, 0) is 42.6 Å². The first-order chi connectivity index (χ1) is 14.5. The Morgan fingerprint density at radius 2 is 1.77 bits per heavy atom. The van der Waals surface area contributed by atoms with Gasteiger partial charge in [0.2, 0.25) is 0 Å². The van der Waals surface area contributed by atoms with Gasteiger partial charge < -0.3 is 10.6 Å². The van der Waals surface area contributed by atoms with Crippen LogP contribution in [0.3, 0.4) is 0 Å². The Labute approximate surface area is 185 Å². The van der Waals surface area contributed by atoms with E-state index < -0.39 is 0 Å². The quantitative estimate of drug-likeness (QED) is 0.415. The Morgan fingerprint density at radius 3 is 2.47 bits per heavy atom. The second-order valence-corrected chi connectivity index (χ2v) is 8.80. The highest BCUT2D eigenvalue weighted by molar-refractivity contribution is 8.13. The fourth-order valence-electron chi connectivity index (χ4n) is 3.67. The van der Waals surface area contributed by atoms with Crippen LogP contribution in [0.25, 0.3) is 0 Å². The number of aryl methyl sites for hydroxylation is 1. The summed E-state index contributed by atoms with van der Waals surface area (Å²) in [5.74, 6) is 0.796. The molecule has 3 rings (SSSR count). The van der Waals surface area contributed by atoms with Gasteiger partial charge in [-0.2, -0.15) is 5.10 Å².